The molecule has 0 unspecified atom stereocenters. The van der Waals surface area contributed by atoms with Gasteiger partial charge in [-0.15, -0.1) is 24.0 Å². The molecule has 1 aromatic rings. The van der Waals surface area contributed by atoms with E-state index in [-0.39, 0.29) is 36.0 Å². The van der Waals surface area contributed by atoms with E-state index < -0.39 is 0 Å². The first-order chi connectivity index (χ1) is 12.4. The number of methoxy groups -OCH3 is 1. The van der Waals surface area contributed by atoms with E-state index in [1.54, 1.807) is 13.3 Å². The first-order valence-electron chi connectivity index (χ1n) is 8.86. The fourth-order valence-corrected chi connectivity index (χ4v) is 2.87. The molecule has 1 aromatic heterocycles. The fraction of sp³-hybridized carbons (Fsp3) is 0.706. The topological polar surface area (TPSA) is 86.1 Å². The number of guanidine groups is 1. The number of anilines is 1. The predicted molar refractivity (Wildman–Crippen MR) is 122 cm³/mol. The van der Waals surface area contributed by atoms with Crippen molar-refractivity contribution in [1.82, 2.24) is 20.2 Å². The summed E-state index contributed by atoms with van der Waals surface area (Å²) in [6, 6.07) is 0. The maximum atomic E-state index is 9.43. The number of aliphatic hydroxyl groups is 1. The standard InChI is InChI=1S/C17H29BrN6O2.HI/c1-5-19-15(21-11-17(2,3)12-25)23-6-8-24(9-7-23)16-20-10-13(18)14(22-16)26-4;/h10,25H,5-9,11-12H2,1-4H3,(H,19,21);1H. The molecule has 1 aliphatic heterocycles. The van der Waals surface area contributed by atoms with Gasteiger partial charge >= 0.3 is 0 Å². The van der Waals surface area contributed by atoms with E-state index >= 15 is 0 Å². The number of piperazine rings is 1. The minimum Gasteiger partial charge on any atom is -0.480 e. The minimum absolute atomic E-state index is 0. The van der Waals surface area contributed by atoms with Crippen molar-refractivity contribution in [3.8, 4) is 5.88 Å². The monoisotopic (exact) mass is 556 g/mol. The highest BCUT2D eigenvalue weighted by molar-refractivity contribution is 14.0. The van der Waals surface area contributed by atoms with E-state index in [1.165, 1.54) is 0 Å². The smallest absolute Gasteiger partial charge is 0.232 e. The van der Waals surface area contributed by atoms with Crippen molar-refractivity contribution in [3.05, 3.63) is 10.7 Å². The molecule has 0 radical (unpaired) electrons. The third-order valence-corrected chi connectivity index (χ3v) is 4.72. The molecular formula is C17H30BrIN6O2. The number of aliphatic hydroxyl groups excluding tert-OH is 1. The van der Waals surface area contributed by atoms with Gasteiger partial charge in [0.2, 0.25) is 11.8 Å². The summed E-state index contributed by atoms with van der Waals surface area (Å²) in [6.45, 7) is 10.9. The molecule has 2 N–H and O–H groups in total. The number of rotatable bonds is 6. The van der Waals surface area contributed by atoms with Crippen LogP contribution in [0.5, 0.6) is 5.88 Å². The van der Waals surface area contributed by atoms with Crippen molar-refractivity contribution in [2.45, 2.75) is 20.8 Å². The first kappa shape index (κ1) is 24.2. The number of hydrogen-bond acceptors (Lipinski definition) is 6. The zero-order chi connectivity index (χ0) is 19.2. The van der Waals surface area contributed by atoms with Crippen molar-refractivity contribution in [1.29, 1.82) is 0 Å². The maximum Gasteiger partial charge on any atom is 0.232 e. The molecule has 0 bridgehead atoms. The van der Waals surface area contributed by atoms with Gasteiger partial charge in [-0.2, -0.15) is 4.98 Å². The third-order valence-electron chi connectivity index (χ3n) is 4.17. The summed E-state index contributed by atoms with van der Waals surface area (Å²) in [4.78, 5) is 17.9. The Kier molecular flexibility index (Phi) is 10.0. The number of nitrogens with one attached hydrogen (secondary N) is 1. The van der Waals surface area contributed by atoms with Gasteiger partial charge in [-0.3, -0.25) is 4.99 Å². The summed E-state index contributed by atoms with van der Waals surface area (Å²) >= 11 is 3.38. The Balaban J connectivity index is 0.00000364. The first-order valence-corrected chi connectivity index (χ1v) is 9.65. The highest BCUT2D eigenvalue weighted by Crippen LogP contribution is 2.24. The molecule has 1 aliphatic rings. The molecule has 1 saturated heterocycles. The summed E-state index contributed by atoms with van der Waals surface area (Å²) in [5, 5.41) is 12.8. The summed E-state index contributed by atoms with van der Waals surface area (Å²) in [5.41, 5.74) is -0.218. The van der Waals surface area contributed by atoms with Gasteiger partial charge < -0.3 is 25.0 Å². The summed E-state index contributed by atoms with van der Waals surface area (Å²) in [6.07, 6.45) is 1.72. The number of aliphatic imine (C=N–C) groups is 1. The van der Waals surface area contributed by atoms with Gasteiger partial charge in [-0.25, -0.2) is 4.98 Å². The van der Waals surface area contributed by atoms with E-state index in [1.807, 2.05) is 13.8 Å². The Morgan fingerprint density at radius 1 is 1.37 bits per heavy atom. The minimum atomic E-state index is -0.218. The molecule has 2 heterocycles. The van der Waals surface area contributed by atoms with Crippen LogP contribution in [-0.2, 0) is 0 Å². The van der Waals surface area contributed by atoms with Crippen molar-refractivity contribution < 1.29 is 9.84 Å². The normalized spacial score (nSPS) is 15.4. The Labute approximate surface area is 186 Å². The van der Waals surface area contributed by atoms with Crippen LogP contribution >= 0.6 is 39.9 Å². The molecule has 0 aromatic carbocycles. The second-order valence-corrected chi connectivity index (χ2v) is 7.85. The highest BCUT2D eigenvalue weighted by Gasteiger charge is 2.23. The van der Waals surface area contributed by atoms with Gasteiger partial charge in [0.05, 0.1) is 24.3 Å². The molecule has 1 fully saturated rings. The number of nitrogens with zero attached hydrogens (tertiary/aromatic N) is 5. The molecule has 10 heteroatoms. The Morgan fingerprint density at radius 2 is 2.04 bits per heavy atom. The molecule has 2 rings (SSSR count). The van der Waals surface area contributed by atoms with Gasteiger partial charge in [0.15, 0.2) is 5.96 Å². The lowest BCUT2D eigenvalue weighted by Gasteiger charge is -2.36. The maximum absolute atomic E-state index is 9.43. The average molecular weight is 557 g/mol. The highest BCUT2D eigenvalue weighted by atomic mass is 127. The van der Waals surface area contributed by atoms with Gasteiger partial charge in [0, 0.05) is 44.7 Å². The molecule has 0 spiro atoms. The van der Waals surface area contributed by atoms with Gasteiger partial charge in [0.1, 0.15) is 0 Å². The van der Waals surface area contributed by atoms with Crippen molar-refractivity contribution in [3.63, 3.8) is 0 Å². The van der Waals surface area contributed by atoms with E-state index in [2.05, 4.69) is 47.9 Å². The average Bonchev–Trinajstić information content (AvgIpc) is 2.66. The lowest BCUT2D eigenvalue weighted by Crippen LogP contribution is -2.53. The van der Waals surface area contributed by atoms with Gasteiger partial charge in [-0.05, 0) is 22.9 Å². The molecular weight excluding hydrogens is 527 g/mol. The van der Waals surface area contributed by atoms with Crippen LogP contribution in [0.25, 0.3) is 0 Å². The third kappa shape index (κ3) is 6.90. The number of aromatic nitrogens is 2. The number of hydrogen-bond donors (Lipinski definition) is 2. The van der Waals surface area contributed by atoms with Gasteiger partial charge in [-0.1, -0.05) is 13.8 Å². The van der Waals surface area contributed by atoms with E-state index in [0.29, 0.717) is 18.4 Å². The fourth-order valence-electron chi connectivity index (χ4n) is 2.52. The van der Waals surface area contributed by atoms with Crippen LogP contribution < -0.4 is 15.0 Å². The molecule has 27 heavy (non-hydrogen) atoms. The number of ether oxygens (including phenoxy) is 1. The second-order valence-electron chi connectivity index (χ2n) is 6.99. The molecule has 0 amide bonds. The van der Waals surface area contributed by atoms with Crippen LogP contribution in [0.2, 0.25) is 0 Å². The molecule has 154 valence electrons. The largest absolute Gasteiger partial charge is 0.480 e. The molecule has 0 saturated carbocycles. The van der Waals surface area contributed by atoms with E-state index in [9.17, 15) is 5.11 Å². The number of halogens is 2. The van der Waals surface area contributed by atoms with Crippen LogP contribution in [0.3, 0.4) is 0 Å². The van der Waals surface area contributed by atoms with Crippen molar-refractivity contribution >= 4 is 51.8 Å². The molecule has 0 atom stereocenters. The summed E-state index contributed by atoms with van der Waals surface area (Å²) in [7, 11) is 1.60. The van der Waals surface area contributed by atoms with Crippen LogP contribution in [0.15, 0.2) is 15.7 Å². The Bertz CT molecular complexity index is 623. The van der Waals surface area contributed by atoms with Crippen molar-refractivity contribution in [2.75, 3.05) is 57.9 Å². The van der Waals surface area contributed by atoms with Crippen LogP contribution in [0.4, 0.5) is 5.95 Å². The lowest BCUT2D eigenvalue weighted by molar-refractivity contribution is 0.166. The van der Waals surface area contributed by atoms with Gasteiger partial charge in [0.25, 0.3) is 0 Å². The zero-order valence-electron chi connectivity index (χ0n) is 16.4. The van der Waals surface area contributed by atoms with Crippen LogP contribution in [0.1, 0.15) is 20.8 Å². The zero-order valence-corrected chi connectivity index (χ0v) is 20.3. The van der Waals surface area contributed by atoms with E-state index in [0.717, 1.165) is 43.2 Å². The summed E-state index contributed by atoms with van der Waals surface area (Å²) in [5.74, 6) is 2.11. The molecule has 8 nitrogen and oxygen atoms in total. The molecule has 0 aliphatic carbocycles. The van der Waals surface area contributed by atoms with Crippen LogP contribution in [0, 0.1) is 5.41 Å². The Hall–Kier alpha value is -0.880. The second kappa shape index (κ2) is 11.2. The predicted octanol–water partition coefficient (Wildman–Crippen LogP) is 1.97. The summed E-state index contributed by atoms with van der Waals surface area (Å²) < 4.78 is 6.00. The lowest BCUT2D eigenvalue weighted by atomic mass is 9.95. The van der Waals surface area contributed by atoms with E-state index in [4.69, 9.17) is 9.73 Å². The SMILES string of the molecule is CCNC(=NCC(C)(C)CO)N1CCN(c2ncc(Br)c(OC)n2)CC1.I. The Morgan fingerprint density at radius 3 is 2.59 bits per heavy atom. The van der Waals surface area contributed by atoms with Crippen molar-refractivity contribution in [2.24, 2.45) is 10.4 Å². The van der Waals surface area contributed by atoms with Crippen LogP contribution in [-0.4, -0.2) is 78.9 Å². The quantitative estimate of drug-likeness (QED) is 0.315.